The highest BCUT2D eigenvalue weighted by molar-refractivity contribution is 5.91. The third-order valence-electron chi connectivity index (χ3n) is 3.06. The van der Waals surface area contributed by atoms with Gasteiger partial charge in [0.15, 0.2) is 0 Å². The summed E-state index contributed by atoms with van der Waals surface area (Å²) in [6, 6.07) is 7.66. The van der Waals surface area contributed by atoms with Crippen LogP contribution in [0.4, 0.5) is 5.95 Å². The first-order valence-corrected chi connectivity index (χ1v) is 6.38. The van der Waals surface area contributed by atoms with Crippen molar-refractivity contribution in [1.29, 1.82) is 0 Å². The first kappa shape index (κ1) is 14.8. The molecular formula is C13H17ClN4O2. The van der Waals surface area contributed by atoms with Gasteiger partial charge in [-0.3, -0.25) is 10.1 Å². The number of para-hydroxylation sites is 2. The van der Waals surface area contributed by atoms with Crippen molar-refractivity contribution >= 4 is 35.3 Å². The van der Waals surface area contributed by atoms with E-state index in [9.17, 15) is 4.79 Å². The zero-order valence-electron chi connectivity index (χ0n) is 10.9. The van der Waals surface area contributed by atoms with Crippen molar-refractivity contribution in [1.82, 2.24) is 15.3 Å². The number of hydrogen-bond acceptors (Lipinski definition) is 4. The lowest BCUT2D eigenvalue weighted by atomic mass is 10.2. The fourth-order valence-corrected chi connectivity index (χ4v) is 2.15. The summed E-state index contributed by atoms with van der Waals surface area (Å²) in [6.45, 7) is 2.22. The predicted octanol–water partition coefficient (Wildman–Crippen LogP) is 1.30. The molecule has 3 N–H and O–H groups in total. The van der Waals surface area contributed by atoms with Gasteiger partial charge in [0.1, 0.15) is 0 Å². The number of carbonyl (C=O) groups excluding carboxylic acids is 1. The molecule has 1 aromatic carbocycles. The summed E-state index contributed by atoms with van der Waals surface area (Å²) in [7, 11) is 0. The highest BCUT2D eigenvalue weighted by Crippen LogP contribution is 2.13. The minimum absolute atomic E-state index is 0. The first-order valence-electron chi connectivity index (χ1n) is 6.38. The van der Waals surface area contributed by atoms with Gasteiger partial charge in [0.05, 0.1) is 30.2 Å². The van der Waals surface area contributed by atoms with Crippen molar-refractivity contribution in [2.45, 2.75) is 12.5 Å². The molecule has 1 saturated heterocycles. The molecule has 1 amide bonds. The molecule has 0 aliphatic carbocycles. The number of fused-ring (bicyclic) bond motifs is 1. The molecule has 1 aliphatic heterocycles. The highest BCUT2D eigenvalue weighted by Gasteiger charge is 2.18. The number of amides is 1. The SMILES string of the molecule is Cl.O=C(CC1CNCCO1)Nc1nc2ccccc2[nH]1. The number of aromatic amines is 1. The summed E-state index contributed by atoms with van der Waals surface area (Å²) >= 11 is 0. The molecule has 6 nitrogen and oxygen atoms in total. The number of H-pyrrole nitrogens is 1. The number of halogens is 1. The average molecular weight is 297 g/mol. The van der Waals surface area contributed by atoms with Crippen LogP contribution < -0.4 is 10.6 Å². The maximum atomic E-state index is 11.9. The summed E-state index contributed by atoms with van der Waals surface area (Å²) in [6.07, 6.45) is 0.280. The van der Waals surface area contributed by atoms with E-state index >= 15 is 0 Å². The van der Waals surface area contributed by atoms with Crippen molar-refractivity contribution in [2.75, 3.05) is 25.0 Å². The number of imidazole rings is 1. The number of nitrogens with zero attached hydrogens (tertiary/aromatic N) is 1. The summed E-state index contributed by atoms with van der Waals surface area (Å²) < 4.78 is 5.49. The van der Waals surface area contributed by atoms with Crippen LogP contribution in [0.2, 0.25) is 0 Å². The molecule has 0 spiro atoms. The summed E-state index contributed by atoms with van der Waals surface area (Å²) in [4.78, 5) is 19.2. The number of hydrogen-bond donors (Lipinski definition) is 3. The molecule has 20 heavy (non-hydrogen) atoms. The van der Waals surface area contributed by atoms with E-state index in [-0.39, 0.29) is 24.4 Å². The topological polar surface area (TPSA) is 79.0 Å². The van der Waals surface area contributed by atoms with Gasteiger partial charge < -0.3 is 15.0 Å². The van der Waals surface area contributed by atoms with E-state index in [1.54, 1.807) is 0 Å². The molecule has 7 heteroatoms. The van der Waals surface area contributed by atoms with E-state index in [0.29, 0.717) is 25.5 Å². The van der Waals surface area contributed by atoms with Crippen molar-refractivity contribution in [3.05, 3.63) is 24.3 Å². The molecule has 2 aromatic rings. The molecule has 2 heterocycles. The number of nitrogens with one attached hydrogen (secondary N) is 3. The number of rotatable bonds is 3. The number of benzene rings is 1. The molecule has 1 atom stereocenters. The molecule has 3 rings (SSSR count). The Kier molecular flexibility index (Phi) is 4.94. The Morgan fingerprint density at radius 3 is 3.05 bits per heavy atom. The van der Waals surface area contributed by atoms with Crippen LogP contribution in [0.25, 0.3) is 11.0 Å². The van der Waals surface area contributed by atoms with Gasteiger partial charge in [0.2, 0.25) is 11.9 Å². The Labute approximate surface area is 122 Å². The quantitative estimate of drug-likeness (QED) is 0.798. The fourth-order valence-electron chi connectivity index (χ4n) is 2.15. The Bertz CT molecular complexity index is 548. The van der Waals surface area contributed by atoms with Crippen molar-refractivity contribution in [3.63, 3.8) is 0 Å². The molecule has 0 radical (unpaired) electrons. The van der Waals surface area contributed by atoms with Crippen LogP contribution >= 0.6 is 12.4 Å². The van der Waals surface area contributed by atoms with Crippen LogP contribution in [0.15, 0.2) is 24.3 Å². The second kappa shape index (κ2) is 6.69. The molecule has 1 aliphatic rings. The van der Waals surface area contributed by atoms with Crippen molar-refractivity contribution < 1.29 is 9.53 Å². The molecule has 0 saturated carbocycles. The number of aromatic nitrogens is 2. The third-order valence-corrected chi connectivity index (χ3v) is 3.06. The third kappa shape index (κ3) is 3.47. The van der Waals surface area contributed by atoms with E-state index in [0.717, 1.165) is 17.6 Å². The summed E-state index contributed by atoms with van der Waals surface area (Å²) in [5, 5.41) is 5.96. The van der Waals surface area contributed by atoms with E-state index in [2.05, 4.69) is 20.6 Å². The maximum Gasteiger partial charge on any atom is 0.229 e. The number of carbonyl (C=O) groups is 1. The van der Waals surface area contributed by atoms with E-state index in [4.69, 9.17) is 4.74 Å². The molecule has 1 fully saturated rings. The van der Waals surface area contributed by atoms with Crippen molar-refractivity contribution in [3.8, 4) is 0 Å². The van der Waals surface area contributed by atoms with Crippen LogP contribution in [-0.2, 0) is 9.53 Å². The van der Waals surface area contributed by atoms with Crippen LogP contribution in [0, 0.1) is 0 Å². The van der Waals surface area contributed by atoms with E-state index in [1.807, 2.05) is 24.3 Å². The normalized spacial score (nSPS) is 18.5. The van der Waals surface area contributed by atoms with Crippen LogP contribution in [-0.4, -0.2) is 41.7 Å². The Morgan fingerprint density at radius 2 is 2.30 bits per heavy atom. The second-order valence-corrected chi connectivity index (χ2v) is 4.55. The van der Waals surface area contributed by atoms with Gasteiger partial charge in [-0.1, -0.05) is 12.1 Å². The lowest BCUT2D eigenvalue weighted by Crippen LogP contribution is -2.40. The van der Waals surface area contributed by atoms with Gasteiger partial charge in [0, 0.05) is 13.1 Å². The van der Waals surface area contributed by atoms with E-state index < -0.39 is 0 Å². The van der Waals surface area contributed by atoms with Crippen molar-refractivity contribution in [2.24, 2.45) is 0 Å². The zero-order valence-corrected chi connectivity index (χ0v) is 11.7. The second-order valence-electron chi connectivity index (χ2n) is 4.55. The Morgan fingerprint density at radius 1 is 1.45 bits per heavy atom. The molecule has 0 bridgehead atoms. The Balaban J connectivity index is 0.00000147. The highest BCUT2D eigenvalue weighted by atomic mass is 35.5. The minimum atomic E-state index is -0.0900. The molecule has 1 unspecified atom stereocenters. The van der Waals surface area contributed by atoms with Crippen LogP contribution in [0.3, 0.4) is 0 Å². The van der Waals surface area contributed by atoms with Gasteiger partial charge in [-0.05, 0) is 12.1 Å². The minimum Gasteiger partial charge on any atom is -0.375 e. The van der Waals surface area contributed by atoms with Gasteiger partial charge in [-0.25, -0.2) is 4.98 Å². The standard InChI is InChI=1S/C13H16N4O2.ClH/c18-12(7-9-8-14-5-6-19-9)17-13-15-10-3-1-2-4-11(10)16-13;/h1-4,9,14H,5-8H2,(H2,15,16,17,18);1H. The summed E-state index contributed by atoms with van der Waals surface area (Å²) in [5.74, 6) is 0.391. The molecular weight excluding hydrogens is 280 g/mol. The lowest BCUT2D eigenvalue weighted by Gasteiger charge is -2.22. The average Bonchev–Trinajstić information content (AvgIpc) is 2.81. The van der Waals surface area contributed by atoms with Crippen LogP contribution in [0.5, 0.6) is 0 Å². The first-order chi connectivity index (χ1) is 9.31. The van der Waals surface area contributed by atoms with Gasteiger partial charge in [-0.15, -0.1) is 12.4 Å². The summed E-state index contributed by atoms with van der Waals surface area (Å²) in [5.41, 5.74) is 1.75. The number of ether oxygens (including phenoxy) is 1. The monoisotopic (exact) mass is 296 g/mol. The Hall–Kier alpha value is -1.63. The number of anilines is 1. The maximum absolute atomic E-state index is 11.9. The van der Waals surface area contributed by atoms with Crippen LogP contribution in [0.1, 0.15) is 6.42 Å². The predicted molar refractivity (Wildman–Crippen MR) is 79.2 cm³/mol. The fraction of sp³-hybridized carbons (Fsp3) is 0.385. The number of morpholine rings is 1. The smallest absolute Gasteiger partial charge is 0.229 e. The van der Waals surface area contributed by atoms with Gasteiger partial charge in [0.25, 0.3) is 0 Å². The molecule has 108 valence electrons. The van der Waals surface area contributed by atoms with Gasteiger partial charge >= 0.3 is 0 Å². The molecule has 1 aromatic heterocycles. The largest absolute Gasteiger partial charge is 0.375 e. The lowest BCUT2D eigenvalue weighted by molar-refractivity contribution is -0.119. The zero-order chi connectivity index (χ0) is 13.1. The van der Waals surface area contributed by atoms with Gasteiger partial charge in [-0.2, -0.15) is 0 Å². The van der Waals surface area contributed by atoms with E-state index in [1.165, 1.54) is 0 Å².